The van der Waals surface area contributed by atoms with E-state index in [4.69, 9.17) is 16.7 Å². The lowest BCUT2D eigenvalue weighted by atomic mass is 10.1. The molecule has 0 spiro atoms. The van der Waals surface area contributed by atoms with Crippen LogP contribution in [-0.2, 0) is 4.79 Å². The fourth-order valence-corrected chi connectivity index (χ4v) is 1.78. The minimum atomic E-state index is -1.20. The van der Waals surface area contributed by atoms with Gasteiger partial charge in [0.2, 0.25) is 0 Å². The van der Waals surface area contributed by atoms with E-state index in [0.29, 0.717) is 0 Å². The Morgan fingerprint density at radius 2 is 2.11 bits per heavy atom. The van der Waals surface area contributed by atoms with Gasteiger partial charge >= 0.3 is 5.97 Å². The smallest absolute Gasteiger partial charge is 0.323 e. The summed E-state index contributed by atoms with van der Waals surface area (Å²) >= 11 is 5.81. The van der Waals surface area contributed by atoms with Gasteiger partial charge in [0.1, 0.15) is 12.1 Å². The standard InChI is InChI=1S/C11H11ClN2O5/c1-2-13(6-9(15)16)11(17)10-7(12)4-3-5-8(10)14(18)19/h3-5H,2,6H2,1H3,(H,15,16). The number of carbonyl (C=O) groups is 2. The zero-order valence-electron chi connectivity index (χ0n) is 10.00. The van der Waals surface area contributed by atoms with E-state index in [-0.39, 0.29) is 17.1 Å². The number of hydrogen-bond acceptors (Lipinski definition) is 4. The van der Waals surface area contributed by atoms with Crippen molar-refractivity contribution in [1.82, 2.24) is 4.90 Å². The van der Waals surface area contributed by atoms with Gasteiger partial charge < -0.3 is 10.0 Å². The summed E-state index contributed by atoms with van der Waals surface area (Å²) in [4.78, 5) is 33.9. The molecule has 102 valence electrons. The van der Waals surface area contributed by atoms with E-state index >= 15 is 0 Å². The van der Waals surface area contributed by atoms with Gasteiger partial charge in [0.05, 0.1) is 9.95 Å². The molecule has 1 N–H and O–H groups in total. The van der Waals surface area contributed by atoms with Gasteiger partial charge in [-0.25, -0.2) is 0 Å². The number of amides is 1. The third-order valence-electron chi connectivity index (χ3n) is 2.40. The number of carboxylic acids is 1. The van der Waals surface area contributed by atoms with Crippen molar-refractivity contribution < 1.29 is 19.6 Å². The minimum Gasteiger partial charge on any atom is -0.480 e. The first kappa shape index (κ1) is 14.9. The number of nitro groups is 1. The molecule has 1 aromatic rings. The monoisotopic (exact) mass is 286 g/mol. The molecule has 0 aliphatic rings. The summed E-state index contributed by atoms with van der Waals surface area (Å²) in [6.07, 6.45) is 0. The van der Waals surface area contributed by atoms with Gasteiger partial charge in [-0.15, -0.1) is 0 Å². The fourth-order valence-electron chi connectivity index (χ4n) is 1.53. The van der Waals surface area contributed by atoms with E-state index in [0.717, 1.165) is 11.0 Å². The van der Waals surface area contributed by atoms with E-state index in [9.17, 15) is 19.7 Å². The number of aliphatic carboxylic acids is 1. The van der Waals surface area contributed by atoms with Crippen LogP contribution in [0.3, 0.4) is 0 Å². The normalized spacial score (nSPS) is 10.0. The molecule has 0 atom stereocenters. The molecule has 1 aromatic carbocycles. The summed E-state index contributed by atoms with van der Waals surface area (Å²) in [7, 11) is 0. The van der Waals surface area contributed by atoms with Crippen molar-refractivity contribution in [3.8, 4) is 0 Å². The number of nitrogens with zero attached hydrogens (tertiary/aromatic N) is 2. The Morgan fingerprint density at radius 1 is 1.47 bits per heavy atom. The number of benzene rings is 1. The van der Waals surface area contributed by atoms with E-state index in [1.165, 1.54) is 12.1 Å². The molecule has 0 unspecified atom stereocenters. The van der Waals surface area contributed by atoms with Crippen molar-refractivity contribution in [2.24, 2.45) is 0 Å². The second-order valence-electron chi connectivity index (χ2n) is 3.60. The first-order valence-electron chi connectivity index (χ1n) is 5.32. The van der Waals surface area contributed by atoms with Crippen molar-refractivity contribution in [2.45, 2.75) is 6.92 Å². The third-order valence-corrected chi connectivity index (χ3v) is 2.71. The number of rotatable bonds is 5. The highest BCUT2D eigenvalue weighted by Gasteiger charge is 2.27. The molecular formula is C11H11ClN2O5. The Balaban J connectivity index is 3.24. The molecule has 8 heteroatoms. The Labute approximate surface area is 113 Å². The van der Waals surface area contributed by atoms with Crippen LogP contribution in [0.15, 0.2) is 18.2 Å². The molecule has 0 heterocycles. The molecule has 0 bridgehead atoms. The number of likely N-dealkylation sites (N-methyl/N-ethyl adjacent to an activating group) is 1. The number of carboxylic acid groups (broad SMARTS) is 1. The predicted molar refractivity (Wildman–Crippen MR) is 67.3 cm³/mol. The number of carbonyl (C=O) groups excluding carboxylic acids is 1. The largest absolute Gasteiger partial charge is 0.480 e. The van der Waals surface area contributed by atoms with Crippen LogP contribution in [0.2, 0.25) is 5.02 Å². The molecule has 19 heavy (non-hydrogen) atoms. The first-order chi connectivity index (χ1) is 8.88. The number of nitro benzene ring substituents is 1. The van der Waals surface area contributed by atoms with Gasteiger partial charge in [0.15, 0.2) is 0 Å². The lowest BCUT2D eigenvalue weighted by molar-refractivity contribution is -0.385. The van der Waals surface area contributed by atoms with Crippen LogP contribution >= 0.6 is 11.6 Å². The zero-order chi connectivity index (χ0) is 14.6. The summed E-state index contributed by atoms with van der Waals surface area (Å²) in [6, 6.07) is 3.84. The van der Waals surface area contributed by atoms with Crippen LogP contribution < -0.4 is 0 Å². The van der Waals surface area contributed by atoms with Crippen LogP contribution in [0.5, 0.6) is 0 Å². The van der Waals surface area contributed by atoms with Gasteiger partial charge in [-0.05, 0) is 13.0 Å². The Kier molecular flexibility index (Phi) is 4.82. The van der Waals surface area contributed by atoms with Gasteiger partial charge in [-0.1, -0.05) is 17.7 Å². The Bertz CT molecular complexity index is 532. The first-order valence-corrected chi connectivity index (χ1v) is 5.70. The molecule has 7 nitrogen and oxygen atoms in total. The lowest BCUT2D eigenvalue weighted by Gasteiger charge is -2.18. The molecule has 0 aliphatic carbocycles. The summed E-state index contributed by atoms with van der Waals surface area (Å²) < 4.78 is 0. The van der Waals surface area contributed by atoms with Crippen molar-refractivity contribution >= 4 is 29.2 Å². The summed E-state index contributed by atoms with van der Waals surface area (Å²) in [5.74, 6) is -1.98. The summed E-state index contributed by atoms with van der Waals surface area (Å²) in [6.45, 7) is 1.13. The second-order valence-corrected chi connectivity index (χ2v) is 4.01. The van der Waals surface area contributed by atoms with Gasteiger partial charge in [0.25, 0.3) is 11.6 Å². The molecule has 0 fully saturated rings. The maximum absolute atomic E-state index is 12.1. The quantitative estimate of drug-likeness (QED) is 0.657. The molecule has 1 rings (SSSR count). The van der Waals surface area contributed by atoms with E-state index < -0.39 is 29.0 Å². The van der Waals surface area contributed by atoms with Gasteiger partial charge in [0, 0.05) is 12.6 Å². The van der Waals surface area contributed by atoms with Gasteiger partial charge in [-0.3, -0.25) is 19.7 Å². The van der Waals surface area contributed by atoms with E-state index in [1.54, 1.807) is 6.92 Å². The Hall–Kier alpha value is -2.15. The van der Waals surface area contributed by atoms with Crippen LogP contribution in [0, 0.1) is 10.1 Å². The molecule has 0 saturated heterocycles. The predicted octanol–water partition coefficient (Wildman–Crippen LogP) is 1.79. The molecule has 0 radical (unpaired) electrons. The van der Waals surface area contributed by atoms with Crippen molar-refractivity contribution in [1.29, 1.82) is 0 Å². The van der Waals surface area contributed by atoms with Crippen LogP contribution in [0.4, 0.5) is 5.69 Å². The highest BCUT2D eigenvalue weighted by atomic mass is 35.5. The van der Waals surface area contributed by atoms with E-state index in [2.05, 4.69) is 0 Å². The zero-order valence-corrected chi connectivity index (χ0v) is 10.8. The topological polar surface area (TPSA) is 101 Å². The van der Waals surface area contributed by atoms with E-state index in [1.807, 2.05) is 0 Å². The van der Waals surface area contributed by atoms with Crippen LogP contribution in [0.25, 0.3) is 0 Å². The lowest BCUT2D eigenvalue weighted by Crippen LogP contribution is -2.35. The molecule has 1 amide bonds. The molecular weight excluding hydrogens is 276 g/mol. The van der Waals surface area contributed by atoms with Crippen molar-refractivity contribution in [3.05, 3.63) is 38.9 Å². The van der Waals surface area contributed by atoms with Crippen LogP contribution in [-0.4, -0.2) is 39.9 Å². The maximum Gasteiger partial charge on any atom is 0.323 e. The van der Waals surface area contributed by atoms with Crippen molar-refractivity contribution in [3.63, 3.8) is 0 Å². The Morgan fingerprint density at radius 3 is 2.58 bits per heavy atom. The van der Waals surface area contributed by atoms with Crippen molar-refractivity contribution in [2.75, 3.05) is 13.1 Å². The average Bonchev–Trinajstić information content (AvgIpc) is 2.34. The summed E-state index contributed by atoms with van der Waals surface area (Å²) in [5, 5.41) is 19.5. The third kappa shape index (κ3) is 3.41. The molecule has 0 aliphatic heterocycles. The number of hydrogen-bond donors (Lipinski definition) is 1. The van der Waals surface area contributed by atoms with Crippen LogP contribution in [0.1, 0.15) is 17.3 Å². The fraction of sp³-hybridized carbons (Fsp3) is 0.273. The number of halogens is 1. The highest BCUT2D eigenvalue weighted by molar-refractivity contribution is 6.34. The average molecular weight is 287 g/mol. The maximum atomic E-state index is 12.1. The summed E-state index contributed by atoms with van der Waals surface area (Å²) in [5.41, 5.74) is -0.737. The SMILES string of the molecule is CCN(CC(=O)O)C(=O)c1c(Cl)cccc1[N+](=O)[O-]. The molecule has 0 aromatic heterocycles. The van der Waals surface area contributed by atoms with Gasteiger partial charge in [-0.2, -0.15) is 0 Å². The highest BCUT2D eigenvalue weighted by Crippen LogP contribution is 2.27. The minimum absolute atomic E-state index is 0.0805. The molecule has 0 saturated carbocycles. The second kappa shape index (κ2) is 6.14.